The van der Waals surface area contributed by atoms with Crippen molar-refractivity contribution in [1.29, 1.82) is 0 Å². The van der Waals surface area contributed by atoms with E-state index in [0.717, 1.165) is 33.7 Å². The molecule has 202 valence electrons. The molecular weight excluding hydrogens is 522 g/mol. The molecule has 3 aromatic carbocycles. The lowest BCUT2D eigenvalue weighted by Crippen LogP contribution is -2.53. The summed E-state index contributed by atoms with van der Waals surface area (Å²) in [6, 6.07) is 22.8. The van der Waals surface area contributed by atoms with Gasteiger partial charge in [0.05, 0.1) is 11.9 Å². The van der Waals surface area contributed by atoms with Crippen LogP contribution in [0.15, 0.2) is 78.9 Å². The molecule has 0 aliphatic rings. The number of nitrogens with zero attached hydrogens (tertiary/aromatic N) is 2. The largest absolute Gasteiger partial charge is 0.354 e. The first kappa shape index (κ1) is 29.2. The molecule has 2 amide bonds. The summed E-state index contributed by atoms with van der Waals surface area (Å²) < 4.78 is 26.7. The van der Waals surface area contributed by atoms with Gasteiger partial charge in [-0.05, 0) is 42.2 Å². The highest BCUT2D eigenvalue weighted by molar-refractivity contribution is 7.92. The Hall–Kier alpha value is -3.36. The summed E-state index contributed by atoms with van der Waals surface area (Å²) >= 11 is 6.28. The highest BCUT2D eigenvalue weighted by atomic mass is 35.5. The number of aryl methyl sites for hydroxylation is 1. The Morgan fingerprint density at radius 2 is 1.55 bits per heavy atom. The number of rotatable bonds is 12. The Balaban J connectivity index is 2.03. The van der Waals surface area contributed by atoms with E-state index in [-0.39, 0.29) is 24.6 Å². The van der Waals surface area contributed by atoms with Crippen molar-refractivity contribution in [1.82, 2.24) is 10.2 Å². The van der Waals surface area contributed by atoms with E-state index < -0.39 is 28.5 Å². The Kier molecular flexibility index (Phi) is 10.3. The van der Waals surface area contributed by atoms with E-state index in [4.69, 9.17) is 11.6 Å². The third-order valence-electron chi connectivity index (χ3n) is 6.14. The molecule has 38 heavy (non-hydrogen) atoms. The lowest BCUT2D eigenvalue weighted by molar-refractivity contribution is -0.140. The first-order chi connectivity index (χ1) is 18.1. The highest BCUT2D eigenvalue weighted by Crippen LogP contribution is 2.25. The zero-order valence-electron chi connectivity index (χ0n) is 21.9. The van der Waals surface area contributed by atoms with Gasteiger partial charge in [0, 0.05) is 24.5 Å². The maximum Gasteiger partial charge on any atom is 0.244 e. The van der Waals surface area contributed by atoms with Crippen molar-refractivity contribution in [2.24, 2.45) is 0 Å². The van der Waals surface area contributed by atoms with Crippen LogP contribution in [0.25, 0.3) is 0 Å². The fourth-order valence-corrected chi connectivity index (χ4v) is 5.07. The van der Waals surface area contributed by atoms with Crippen molar-refractivity contribution in [3.05, 3.63) is 101 Å². The van der Waals surface area contributed by atoms with Gasteiger partial charge in [0.2, 0.25) is 21.8 Å². The van der Waals surface area contributed by atoms with Crippen molar-refractivity contribution >= 4 is 39.1 Å². The Morgan fingerprint density at radius 3 is 2.11 bits per heavy atom. The first-order valence-corrected chi connectivity index (χ1v) is 14.7. The first-order valence-electron chi connectivity index (χ1n) is 12.5. The zero-order chi connectivity index (χ0) is 27.7. The van der Waals surface area contributed by atoms with E-state index in [1.165, 1.54) is 11.0 Å². The molecule has 0 bridgehead atoms. The number of nitrogens with one attached hydrogen (secondary N) is 1. The zero-order valence-corrected chi connectivity index (χ0v) is 23.5. The third kappa shape index (κ3) is 8.07. The molecular formula is C29H34ClN3O4S. The molecule has 0 radical (unpaired) electrons. The number of sulfonamides is 1. The van der Waals surface area contributed by atoms with Crippen LogP contribution in [-0.2, 0) is 32.6 Å². The highest BCUT2D eigenvalue weighted by Gasteiger charge is 2.33. The topological polar surface area (TPSA) is 86.8 Å². The van der Waals surface area contributed by atoms with Gasteiger partial charge in [0.25, 0.3) is 0 Å². The molecule has 0 saturated carbocycles. The Bertz CT molecular complexity index is 1330. The molecule has 3 rings (SSSR count). The van der Waals surface area contributed by atoms with Crippen LogP contribution in [-0.4, -0.2) is 50.5 Å². The maximum absolute atomic E-state index is 13.9. The summed E-state index contributed by atoms with van der Waals surface area (Å²) in [4.78, 5) is 28.8. The molecule has 7 nitrogen and oxygen atoms in total. The molecule has 1 atom stereocenters. The van der Waals surface area contributed by atoms with Crippen LogP contribution >= 0.6 is 11.6 Å². The minimum Gasteiger partial charge on any atom is -0.354 e. The van der Waals surface area contributed by atoms with E-state index >= 15 is 0 Å². The average Bonchev–Trinajstić information content (AvgIpc) is 2.90. The summed E-state index contributed by atoms with van der Waals surface area (Å²) in [6.07, 6.45) is 2.07. The van der Waals surface area contributed by atoms with Crippen LogP contribution in [0.1, 0.15) is 30.0 Å². The molecule has 0 saturated heterocycles. The predicted octanol–water partition coefficient (Wildman–Crippen LogP) is 4.58. The van der Waals surface area contributed by atoms with Crippen LogP contribution in [0, 0.1) is 6.92 Å². The predicted molar refractivity (Wildman–Crippen MR) is 153 cm³/mol. The van der Waals surface area contributed by atoms with E-state index in [0.29, 0.717) is 11.6 Å². The van der Waals surface area contributed by atoms with Gasteiger partial charge in [0.1, 0.15) is 12.6 Å². The quantitative estimate of drug-likeness (QED) is 0.354. The van der Waals surface area contributed by atoms with Gasteiger partial charge < -0.3 is 10.2 Å². The SMILES string of the molecule is CCCNC(=O)C(Cc1ccccc1)N(Cc1ccccc1)C(=O)CN(c1ccc(C)c(Cl)c1)S(C)(=O)=O. The average molecular weight is 556 g/mol. The number of carbonyl (C=O) groups excluding carboxylic acids is 2. The molecule has 0 aromatic heterocycles. The third-order valence-corrected chi connectivity index (χ3v) is 7.69. The second-order valence-corrected chi connectivity index (χ2v) is 11.5. The molecule has 1 N–H and O–H groups in total. The van der Waals surface area contributed by atoms with Gasteiger partial charge in [-0.2, -0.15) is 0 Å². The lowest BCUT2D eigenvalue weighted by atomic mass is 10.0. The normalized spacial score (nSPS) is 12.0. The van der Waals surface area contributed by atoms with Gasteiger partial charge in [-0.1, -0.05) is 85.3 Å². The molecule has 3 aromatic rings. The van der Waals surface area contributed by atoms with Gasteiger partial charge in [-0.3, -0.25) is 13.9 Å². The van der Waals surface area contributed by atoms with Crippen molar-refractivity contribution in [2.75, 3.05) is 23.7 Å². The van der Waals surface area contributed by atoms with Crippen LogP contribution in [0.3, 0.4) is 0 Å². The minimum atomic E-state index is -3.84. The fourth-order valence-electron chi connectivity index (χ4n) is 4.05. The number of halogens is 1. The van der Waals surface area contributed by atoms with E-state index in [1.807, 2.05) is 74.5 Å². The summed E-state index contributed by atoms with van der Waals surface area (Å²) in [5.74, 6) is -0.784. The minimum absolute atomic E-state index is 0.142. The Morgan fingerprint density at radius 1 is 0.947 bits per heavy atom. The van der Waals surface area contributed by atoms with E-state index in [9.17, 15) is 18.0 Å². The standard InChI is InChI=1S/C29H34ClN3O4S/c1-4-17-31-29(35)27(18-23-11-7-5-8-12-23)32(20-24-13-9-6-10-14-24)28(34)21-33(38(3,36)37)25-16-15-22(2)26(30)19-25/h5-16,19,27H,4,17-18,20-21H2,1-3H3,(H,31,35). The molecule has 0 heterocycles. The van der Waals surface area contributed by atoms with Crippen molar-refractivity contribution < 1.29 is 18.0 Å². The molecule has 1 unspecified atom stereocenters. The van der Waals surface area contributed by atoms with E-state index in [1.54, 1.807) is 12.1 Å². The molecule has 0 spiro atoms. The second-order valence-electron chi connectivity index (χ2n) is 9.21. The van der Waals surface area contributed by atoms with Crippen LogP contribution in [0.2, 0.25) is 5.02 Å². The fraction of sp³-hybridized carbons (Fsp3) is 0.310. The Labute approximate surface area is 230 Å². The number of amides is 2. The van der Waals surface area contributed by atoms with Gasteiger partial charge >= 0.3 is 0 Å². The monoisotopic (exact) mass is 555 g/mol. The number of hydrogen-bond acceptors (Lipinski definition) is 4. The molecule has 9 heteroatoms. The van der Waals surface area contributed by atoms with Gasteiger partial charge in [-0.25, -0.2) is 8.42 Å². The molecule has 0 fully saturated rings. The van der Waals surface area contributed by atoms with Crippen molar-refractivity contribution in [3.63, 3.8) is 0 Å². The van der Waals surface area contributed by atoms with Crippen LogP contribution in [0.5, 0.6) is 0 Å². The maximum atomic E-state index is 13.9. The second kappa shape index (κ2) is 13.4. The van der Waals surface area contributed by atoms with Crippen molar-refractivity contribution in [2.45, 2.75) is 39.3 Å². The van der Waals surface area contributed by atoms with Gasteiger partial charge in [-0.15, -0.1) is 0 Å². The van der Waals surface area contributed by atoms with Crippen molar-refractivity contribution in [3.8, 4) is 0 Å². The number of carbonyl (C=O) groups is 2. The van der Waals surface area contributed by atoms with Crippen LogP contribution in [0.4, 0.5) is 5.69 Å². The summed E-state index contributed by atoms with van der Waals surface area (Å²) in [5.41, 5.74) is 2.79. The van der Waals surface area contributed by atoms with Gasteiger partial charge in [0.15, 0.2) is 0 Å². The summed E-state index contributed by atoms with van der Waals surface area (Å²) in [7, 11) is -3.84. The number of benzene rings is 3. The summed E-state index contributed by atoms with van der Waals surface area (Å²) in [6.45, 7) is 3.90. The number of hydrogen-bond donors (Lipinski definition) is 1. The smallest absolute Gasteiger partial charge is 0.244 e. The van der Waals surface area contributed by atoms with Crippen LogP contribution < -0.4 is 9.62 Å². The van der Waals surface area contributed by atoms with E-state index in [2.05, 4.69) is 5.32 Å². The number of anilines is 1. The summed E-state index contributed by atoms with van der Waals surface area (Å²) in [5, 5.41) is 3.31. The lowest BCUT2D eigenvalue weighted by Gasteiger charge is -2.33. The molecule has 0 aliphatic heterocycles. The molecule has 0 aliphatic carbocycles.